The van der Waals surface area contributed by atoms with E-state index >= 15 is 0 Å². The molecule has 1 aromatic carbocycles. The number of halogens is 1. The second-order valence-corrected chi connectivity index (χ2v) is 5.91. The zero-order chi connectivity index (χ0) is 15.4. The Hall–Kier alpha value is -1.65. The first-order valence-corrected chi connectivity index (χ1v) is 7.40. The highest BCUT2D eigenvalue weighted by Crippen LogP contribution is 2.19. The Morgan fingerprint density at radius 1 is 1.29 bits per heavy atom. The van der Waals surface area contributed by atoms with Gasteiger partial charge in [-0.15, -0.1) is 0 Å². The van der Waals surface area contributed by atoms with Crippen LogP contribution in [0.2, 0.25) is 5.02 Å². The summed E-state index contributed by atoms with van der Waals surface area (Å²) in [5.74, 6) is 0.359. The minimum atomic E-state index is -0.0317. The number of benzene rings is 1. The van der Waals surface area contributed by atoms with Crippen LogP contribution in [0.4, 0.5) is 0 Å². The molecule has 112 valence electrons. The predicted octanol–water partition coefficient (Wildman–Crippen LogP) is 2.94. The normalized spacial score (nSPS) is 11.1. The fraction of sp³-hybridized carbons (Fsp3) is 0.375. The molecule has 0 bridgehead atoms. The molecule has 0 fully saturated rings. The van der Waals surface area contributed by atoms with Gasteiger partial charge in [0, 0.05) is 29.2 Å². The van der Waals surface area contributed by atoms with Gasteiger partial charge in [-0.2, -0.15) is 5.10 Å². The van der Waals surface area contributed by atoms with E-state index in [2.05, 4.69) is 24.3 Å². The minimum Gasteiger partial charge on any atom is -0.315 e. The van der Waals surface area contributed by atoms with Crippen molar-refractivity contribution in [3.05, 3.63) is 51.3 Å². The highest BCUT2D eigenvalue weighted by molar-refractivity contribution is 6.30. The first kappa shape index (κ1) is 15.7. The van der Waals surface area contributed by atoms with Gasteiger partial charge in [0.1, 0.15) is 0 Å². The van der Waals surface area contributed by atoms with E-state index < -0.39 is 0 Å². The van der Waals surface area contributed by atoms with E-state index in [1.54, 1.807) is 4.68 Å². The largest absolute Gasteiger partial charge is 0.315 e. The minimum absolute atomic E-state index is 0.0317. The Kier molecular flexibility index (Phi) is 5.15. The van der Waals surface area contributed by atoms with Crippen molar-refractivity contribution >= 4 is 11.6 Å². The van der Waals surface area contributed by atoms with Crippen molar-refractivity contribution in [1.29, 1.82) is 0 Å². The van der Waals surface area contributed by atoms with Gasteiger partial charge in [0.2, 0.25) is 0 Å². The molecule has 0 saturated heterocycles. The first-order chi connectivity index (χ1) is 10.0. The van der Waals surface area contributed by atoms with Crippen molar-refractivity contribution < 1.29 is 0 Å². The first-order valence-electron chi connectivity index (χ1n) is 7.03. The van der Waals surface area contributed by atoms with Crippen LogP contribution in [0, 0.1) is 5.92 Å². The predicted molar refractivity (Wildman–Crippen MR) is 86.5 cm³/mol. The fourth-order valence-corrected chi connectivity index (χ4v) is 2.27. The van der Waals surface area contributed by atoms with Gasteiger partial charge in [-0.3, -0.25) is 4.79 Å². The Morgan fingerprint density at radius 2 is 1.95 bits per heavy atom. The molecule has 0 amide bonds. The molecular weight excluding hydrogens is 286 g/mol. The molecule has 2 rings (SSSR count). The van der Waals surface area contributed by atoms with E-state index in [9.17, 15) is 4.79 Å². The lowest BCUT2D eigenvalue weighted by atomic mass is 10.1. The monoisotopic (exact) mass is 305 g/mol. The molecule has 0 atom stereocenters. The van der Waals surface area contributed by atoms with Crippen molar-refractivity contribution in [3.63, 3.8) is 0 Å². The van der Waals surface area contributed by atoms with Gasteiger partial charge in [-0.1, -0.05) is 37.6 Å². The molecule has 0 radical (unpaired) electrons. The van der Waals surface area contributed by atoms with E-state index in [0.29, 0.717) is 24.0 Å². The van der Waals surface area contributed by atoms with Crippen LogP contribution in [-0.2, 0) is 13.1 Å². The highest BCUT2D eigenvalue weighted by atomic mass is 35.5. The summed E-state index contributed by atoms with van der Waals surface area (Å²) in [7, 11) is 1.83. The summed E-state index contributed by atoms with van der Waals surface area (Å²) in [6.45, 7) is 5.28. The average molecular weight is 306 g/mol. The molecule has 0 aliphatic rings. The van der Waals surface area contributed by atoms with Gasteiger partial charge in [-0.25, -0.2) is 4.68 Å². The van der Waals surface area contributed by atoms with Gasteiger partial charge >= 0.3 is 0 Å². The maximum absolute atomic E-state index is 12.4. The molecule has 4 nitrogen and oxygen atoms in total. The van der Waals surface area contributed by atoms with Crippen LogP contribution in [0.25, 0.3) is 11.3 Å². The molecule has 0 spiro atoms. The molecule has 0 saturated carbocycles. The van der Waals surface area contributed by atoms with Crippen LogP contribution in [-0.4, -0.2) is 16.8 Å². The number of nitrogens with one attached hydrogen (secondary N) is 1. The van der Waals surface area contributed by atoms with Crippen LogP contribution in [0.5, 0.6) is 0 Å². The van der Waals surface area contributed by atoms with E-state index in [-0.39, 0.29) is 5.56 Å². The van der Waals surface area contributed by atoms with Crippen molar-refractivity contribution in [2.45, 2.75) is 26.9 Å². The third-order valence-electron chi connectivity index (χ3n) is 3.09. The van der Waals surface area contributed by atoms with Gasteiger partial charge in [-0.05, 0) is 31.2 Å². The molecule has 5 heteroatoms. The summed E-state index contributed by atoms with van der Waals surface area (Å²) in [4.78, 5) is 12.4. The fourth-order valence-electron chi connectivity index (χ4n) is 2.15. The number of rotatable bonds is 5. The lowest BCUT2D eigenvalue weighted by Gasteiger charge is -2.12. The van der Waals surface area contributed by atoms with Crippen LogP contribution in [0.3, 0.4) is 0 Å². The summed E-state index contributed by atoms with van der Waals surface area (Å²) < 4.78 is 1.56. The SMILES string of the molecule is CNCc1cc(-c2ccc(Cl)cc2)nn(CC(C)C)c1=O. The molecular formula is C16H20ClN3O. The van der Waals surface area contributed by atoms with Gasteiger partial charge in [0.05, 0.1) is 5.69 Å². The lowest BCUT2D eigenvalue weighted by Crippen LogP contribution is -2.30. The lowest BCUT2D eigenvalue weighted by molar-refractivity contribution is 0.461. The van der Waals surface area contributed by atoms with Crippen molar-refractivity contribution in [3.8, 4) is 11.3 Å². The number of hydrogen-bond acceptors (Lipinski definition) is 3. The Balaban J connectivity index is 2.52. The standard InChI is InChI=1S/C16H20ClN3O/c1-11(2)10-20-16(21)13(9-18-3)8-15(19-20)12-4-6-14(17)7-5-12/h4-8,11,18H,9-10H2,1-3H3. The second-order valence-electron chi connectivity index (χ2n) is 5.47. The van der Waals surface area contributed by atoms with Crippen LogP contribution < -0.4 is 10.9 Å². The summed E-state index contributed by atoms with van der Waals surface area (Å²) in [6, 6.07) is 9.33. The third kappa shape index (κ3) is 3.93. The number of hydrogen-bond donors (Lipinski definition) is 1. The summed E-state index contributed by atoms with van der Waals surface area (Å²) in [5.41, 5.74) is 2.43. The highest BCUT2D eigenvalue weighted by Gasteiger charge is 2.10. The molecule has 0 aliphatic carbocycles. The molecule has 1 N–H and O–H groups in total. The van der Waals surface area contributed by atoms with E-state index in [0.717, 1.165) is 16.8 Å². The Labute approximate surface area is 129 Å². The number of aromatic nitrogens is 2. The second kappa shape index (κ2) is 6.87. The average Bonchev–Trinajstić information content (AvgIpc) is 2.43. The molecule has 1 heterocycles. The zero-order valence-electron chi connectivity index (χ0n) is 12.6. The molecule has 21 heavy (non-hydrogen) atoms. The summed E-state index contributed by atoms with van der Waals surface area (Å²) in [6.07, 6.45) is 0. The Morgan fingerprint density at radius 3 is 2.52 bits per heavy atom. The smallest absolute Gasteiger partial charge is 0.271 e. The molecule has 0 aliphatic heterocycles. The Bertz CT molecular complexity index is 662. The zero-order valence-corrected chi connectivity index (χ0v) is 13.3. The van der Waals surface area contributed by atoms with Crippen molar-refractivity contribution in [1.82, 2.24) is 15.1 Å². The van der Waals surface area contributed by atoms with E-state index in [1.165, 1.54) is 0 Å². The van der Waals surface area contributed by atoms with Crippen molar-refractivity contribution in [2.24, 2.45) is 5.92 Å². The van der Waals surface area contributed by atoms with Gasteiger partial charge in [0.15, 0.2) is 0 Å². The van der Waals surface area contributed by atoms with Crippen molar-refractivity contribution in [2.75, 3.05) is 7.05 Å². The topological polar surface area (TPSA) is 46.9 Å². The van der Waals surface area contributed by atoms with Crippen LogP contribution in [0.15, 0.2) is 35.1 Å². The number of nitrogens with zero attached hydrogens (tertiary/aromatic N) is 2. The maximum atomic E-state index is 12.4. The van der Waals surface area contributed by atoms with E-state index in [4.69, 9.17) is 11.6 Å². The molecule has 2 aromatic rings. The maximum Gasteiger partial charge on any atom is 0.271 e. The summed E-state index contributed by atoms with van der Waals surface area (Å²) >= 11 is 5.92. The van der Waals surface area contributed by atoms with Crippen LogP contribution in [0.1, 0.15) is 19.4 Å². The van der Waals surface area contributed by atoms with Crippen LogP contribution >= 0.6 is 11.6 Å². The van der Waals surface area contributed by atoms with E-state index in [1.807, 2.05) is 37.4 Å². The van der Waals surface area contributed by atoms with Gasteiger partial charge in [0.25, 0.3) is 5.56 Å². The summed E-state index contributed by atoms with van der Waals surface area (Å²) in [5, 5.41) is 8.20. The quantitative estimate of drug-likeness (QED) is 0.924. The molecule has 1 aromatic heterocycles. The van der Waals surface area contributed by atoms with Gasteiger partial charge < -0.3 is 5.32 Å². The third-order valence-corrected chi connectivity index (χ3v) is 3.35. The molecule has 0 unspecified atom stereocenters.